The van der Waals surface area contributed by atoms with E-state index < -0.39 is 0 Å². The summed E-state index contributed by atoms with van der Waals surface area (Å²) >= 11 is 0. The highest BCUT2D eigenvalue weighted by atomic mass is 16.2. The van der Waals surface area contributed by atoms with Crippen LogP contribution in [0.25, 0.3) is 0 Å². The van der Waals surface area contributed by atoms with E-state index in [4.69, 9.17) is 0 Å². The summed E-state index contributed by atoms with van der Waals surface area (Å²) in [5.41, 5.74) is 0. The number of rotatable bonds is 7. The molecule has 2 saturated heterocycles. The Morgan fingerprint density at radius 3 is 2.75 bits per heavy atom. The lowest BCUT2D eigenvalue weighted by Gasteiger charge is -2.34. The van der Waals surface area contributed by atoms with Gasteiger partial charge in [-0.15, -0.1) is 5.10 Å². The van der Waals surface area contributed by atoms with Crippen LogP contribution >= 0.6 is 0 Å². The quantitative estimate of drug-likeness (QED) is 0.761. The summed E-state index contributed by atoms with van der Waals surface area (Å²) in [4.78, 5) is 16.9. The fourth-order valence-corrected chi connectivity index (χ4v) is 4.19. The molecule has 1 aromatic rings. The third-order valence-electron chi connectivity index (χ3n) is 5.45. The Bertz CT molecular complexity index is 545. The number of hydrogen-bond acceptors (Lipinski definition) is 5. The van der Waals surface area contributed by atoms with Gasteiger partial charge in [0.15, 0.2) is 5.82 Å². The Morgan fingerprint density at radius 2 is 1.96 bits per heavy atom. The molecule has 2 atom stereocenters. The number of unbranched alkanes of at least 4 members (excludes halogenated alkanes) is 1. The molecule has 7 nitrogen and oxygen atoms in total. The second-order valence-corrected chi connectivity index (χ2v) is 7.00. The molecule has 0 radical (unpaired) electrons. The van der Waals surface area contributed by atoms with E-state index in [-0.39, 0.29) is 0 Å². The Balaban J connectivity index is 1.67. The summed E-state index contributed by atoms with van der Waals surface area (Å²) in [6.07, 6.45) is 7.49. The van der Waals surface area contributed by atoms with Crippen LogP contribution in [0.2, 0.25) is 0 Å². The zero-order valence-corrected chi connectivity index (χ0v) is 15.0. The molecule has 7 heteroatoms. The SMILES string of the molecule is CCCCn1nnnc1CN1CCC[C@@H]1[C@H]1CCCN1C(=O)CC. The highest BCUT2D eigenvalue weighted by Crippen LogP contribution is 2.31. The van der Waals surface area contributed by atoms with Crippen molar-refractivity contribution in [2.75, 3.05) is 13.1 Å². The summed E-state index contributed by atoms with van der Waals surface area (Å²) in [6, 6.07) is 0.833. The monoisotopic (exact) mass is 334 g/mol. The number of nitrogens with zero attached hydrogens (tertiary/aromatic N) is 6. The van der Waals surface area contributed by atoms with Gasteiger partial charge >= 0.3 is 0 Å². The fraction of sp³-hybridized carbons (Fsp3) is 0.882. The van der Waals surface area contributed by atoms with E-state index in [1.165, 1.54) is 12.8 Å². The molecule has 3 heterocycles. The summed E-state index contributed by atoms with van der Waals surface area (Å²) in [5.74, 6) is 1.26. The smallest absolute Gasteiger partial charge is 0.222 e. The van der Waals surface area contributed by atoms with Gasteiger partial charge in [0, 0.05) is 31.6 Å². The molecular formula is C17H30N6O. The number of carbonyl (C=O) groups is 1. The van der Waals surface area contributed by atoms with Crippen molar-refractivity contribution in [2.24, 2.45) is 0 Å². The maximum Gasteiger partial charge on any atom is 0.222 e. The number of aromatic nitrogens is 4. The second-order valence-electron chi connectivity index (χ2n) is 7.00. The predicted molar refractivity (Wildman–Crippen MR) is 91.2 cm³/mol. The molecule has 3 rings (SSSR count). The molecule has 0 aliphatic carbocycles. The average Bonchev–Trinajstić information content (AvgIpc) is 3.33. The van der Waals surface area contributed by atoms with Gasteiger partial charge in [-0.3, -0.25) is 9.69 Å². The van der Waals surface area contributed by atoms with Gasteiger partial charge in [-0.1, -0.05) is 20.3 Å². The van der Waals surface area contributed by atoms with E-state index in [1.807, 2.05) is 11.6 Å². The van der Waals surface area contributed by atoms with Crippen LogP contribution < -0.4 is 0 Å². The Labute approximate surface area is 144 Å². The molecule has 24 heavy (non-hydrogen) atoms. The minimum atomic E-state index is 0.303. The van der Waals surface area contributed by atoms with E-state index in [0.29, 0.717) is 24.4 Å². The first-order chi connectivity index (χ1) is 11.7. The van der Waals surface area contributed by atoms with Crippen LogP contribution in [0.4, 0.5) is 0 Å². The third-order valence-corrected chi connectivity index (χ3v) is 5.45. The first kappa shape index (κ1) is 17.3. The van der Waals surface area contributed by atoms with E-state index in [0.717, 1.165) is 57.7 Å². The van der Waals surface area contributed by atoms with Gasteiger partial charge in [-0.25, -0.2) is 4.68 Å². The van der Waals surface area contributed by atoms with Gasteiger partial charge in [-0.05, 0) is 49.1 Å². The van der Waals surface area contributed by atoms with Gasteiger partial charge in [0.1, 0.15) is 0 Å². The summed E-state index contributed by atoms with van der Waals surface area (Å²) in [5, 5.41) is 12.3. The van der Waals surface area contributed by atoms with Crippen molar-refractivity contribution < 1.29 is 4.79 Å². The van der Waals surface area contributed by atoms with Gasteiger partial charge in [-0.2, -0.15) is 0 Å². The van der Waals surface area contributed by atoms with E-state index in [1.54, 1.807) is 0 Å². The highest BCUT2D eigenvalue weighted by molar-refractivity contribution is 5.76. The number of aryl methyl sites for hydroxylation is 1. The lowest BCUT2D eigenvalue weighted by atomic mass is 10.0. The molecule has 0 aromatic carbocycles. The molecule has 0 spiro atoms. The van der Waals surface area contributed by atoms with E-state index >= 15 is 0 Å². The van der Waals surface area contributed by atoms with Crippen molar-refractivity contribution >= 4 is 5.91 Å². The van der Waals surface area contributed by atoms with E-state index in [2.05, 4.69) is 32.2 Å². The molecule has 2 aliphatic heterocycles. The fourth-order valence-electron chi connectivity index (χ4n) is 4.19. The van der Waals surface area contributed by atoms with Crippen LogP contribution in [-0.4, -0.2) is 61.1 Å². The van der Waals surface area contributed by atoms with Crippen LogP contribution in [0.3, 0.4) is 0 Å². The Morgan fingerprint density at radius 1 is 1.17 bits per heavy atom. The van der Waals surface area contributed by atoms with E-state index in [9.17, 15) is 4.79 Å². The standard InChI is InChI=1S/C17H30N6O/c1-3-5-12-23-16(18-19-20-23)13-21-10-6-8-14(21)15-9-7-11-22(15)17(24)4-2/h14-15H,3-13H2,1-2H3/t14-,15-/m1/s1. The molecule has 134 valence electrons. The maximum absolute atomic E-state index is 12.2. The first-order valence-corrected chi connectivity index (χ1v) is 9.53. The number of likely N-dealkylation sites (tertiary alicyclic amines) is 2. The lowest BCUT2D eigenvalue weighted by Crippen LogP contribution is -2.48. The molecule has 2 aliphatic rings. The second kappa shape index (κ2) is 8.05. The Hall–Kier alpha value is -1.50. The van der Waals surface area contributed by atoms with Gasteiger partial charge in [0.2, 0.25) is 5.91 Å². The van der Waals surface area contributed by atoms with Crippen molar-refractivity contribution in [1.82, 2.24) is 30.0 Å². The minimum Gasteiger partial charge on any atom is -0.338 e. The zero-order valence-electron chi connectivity index (χ0n) is 15.0. The summed E-state index contributed by atoms with van der Waals surface area (Å²) < 4.78 is 1.95. The number of hydrogen-bond donors (Lipinski definition) is 0. The maximum atomic E-state index is 12.2. The summed E-state index contributed by atoms with van der Waals surface area (Å²) in [7, 11) is 0. The number of amides is 1. The van der Waals surface area contributed by atoms with Crippen molar-refractivity contribution in [3.63, 3.8) is 0 Å². The molecule has 0 N–H and O–H groups in total. The van der Waals surface area contributed by atoms with Gasteiger partial charge < -0.3 is 4.90 Å². The van der Waals surface area contributed by atoms with Crippen LogP contribution in [0.15, 0.2) is 0 Å². The minimum absolute atomic E-state index is 0.303. The van der Waals surface area contributed by atoms with Crippen LogP contribution in [0.5, 0.6) is 0 Å². The molecule has 0 bridgehead atoms. The molecule has 2 fully saturated rings. The lowest BCUT2D eigenvalue weighted by molar-refractivity contribution is -0.132. The third kappa shape index (κ3) is 3.61. The largest absolute Gasteiger partial charge is 0.338 e. The van der Waals surface area contributed by atoms with Crippen molar-refractivity contribution in [1.29, 1.82) is 0 Å². The molecule has 1 aromatic heterocycles. The van der Waals surface area contributed by atoms with Crippen LogP contribution in [-0.2, 0) is 17.9 Å². The van der Waals surface area contributed by atoms with Crippen molar-refractivity contribution in [3.05, 3.63) is 5.82 Å². The molecule has 1 amide bonds. The molecule has 0 saturated carbocycles. The van der Waals surface area contributed by atoms with Crippen molar-refractivity contribution in [3.8, 4) is 0 Å². The topological polar surface area (TPSA) is 67.2 Å². The molecule has 0 unspecified atom stereocenters. The highest BCUT2D eigenvalue weighted by Gasteiger charge is 2.39. The van der Waals surface area contributed by atoms with Crippen molar-refractivity contribution in [2.45, 2.75) is 84.0 Å². The summed E-state index contributed by atoms with van der Waals surface area (Å²) in [6.45, 7) is 7.84. The van der Waals surface area contributed by atoms with Crippen LogP contribution in [0, 0.1) is 0 Å². The number of carbonyl (C=O) groups excluding carboxylic acids is 1. The Kier molecular flexibility index (Phi) is 5.81. The zero-order chi connectivity index (χ0) is 16.9. The normalized spacial score (nSPS) is 24.8. The van der Waals surface area contributed by atoms with Crippen LogP contribution in [0.1, 0.15) is 64.6 Å². The average molecular weight is 334 g/mol. The number of tetrazole rings is 1. The van der Waals surface area contributed by atoms with Gasteiger partial charge in [0.25, 0.3) is 0 Å². The first-order valence-electron chi connectivity index (χ1n) is 9.53. The predicted octanol–water partition coefficient (Wildman–Crippen LogP) is 1.84. The molecular weight excluding hydrogens is 304 g/mol. The van der Waals surface area contributed by atoms with Gasteiger partial charge in [0.05, 0.1) is 6.54 Å².